The van der Waals surface area contributed by atoms with Crippen molar-refractivity contribution in [2.24, 2.45) is 5.92 Å². The summed E-state index contributed by atoms with van der Waals surface area (Å²) < 4.78 is 35.3. The number of hydrogen-bond acceptors (Lipinski definition) is 7. The zero-order valence-corrected chi connectivity index (χ0v) is 18.7. The number of hydrogen-bond donors (Lipinski definition) is 1. The predicted molar refractivity (Wildman–Crippen MR) is 119 cm³/mol. The molecule has 3 atom stereocenters. The Kier molecular flexibility index (Phi) is 5.82. The normalized spacial score (nSPS) is 21.0. The molecule has 1 fully saturated rings. The van der Waals surface area contributed by atoms with Gasteiger partial charge in [-0.25, -0.2) is 19.0 Å². The molecule has 8 nitrogen and oxygen atoms in total. The molecule has 1 N–H and O–H groups in total. The van der Waals surface area contributed by atoms with Crippen LogP contribution in [-0.2, 0) is 6.54 Å². The lowest BCUT2D eigenvalue weighted by Gasteiger charge is -2.23. The van der Waals surface area contributed by atoms with Crippen LogP contribution in [0.5, 0.6) is 5.75 Å². The van der Waals surface area contributed by atoms with E-state index in [1.165, 1.54) is 12.1 Å². The van der Waals surface area contributed by atoms with E-state index in [2.05, 4.69) is 37.2 Å². The molecule has 174 valence electrons. The number of halogens is 2. The van der Waals surface area contributed by atoms with Crippen LogP contribution >= 0.6 is 0 Å². The van der Waals surface area contributed by atoms with Crippen LogP contribution in [0.3, 0.4) is 0 Å². The molecular weight excluding hydrogens is 428 g/mol. The number of benzene rings is 1. The maximum atomic E-state index is 14.1. The molecule has 2 aliphatic rings. The van der Waals surface area contributed by atoms with E-state index in [-0.39, 0.29) is 11.8 Å². The Labute approximate surface area is 191 Å². The third kappa shape index (κ3) is 4.46. The van der Waals surface area contributed by atoms with E-state index in [9.17, 15) is 8.78 Å². The maximum absolute atomic E-state index is 14.1. The van der Waals surface area contributed by atoms with Crippen molar-refractivity contribution in [1.29, 1.82) is 0 Å². The van der Waals surface area contributed by atoms with E-state index in [0.717, 1.165) is 43.5 Å². The van der Waals surface area contributed by atoms with Gasteiger partial charge < -0.3 is 15.0 Å². The van der Waals surface area contributed by atoms with Crippen LogP contribution in [0.25, 0.3) is 0 Å². The Morgan fingerprint density at radius 2 is 2.06 bits per heavy atom. The average molecular weight is 456 g/mol. The molecule has 0 aliphatic carbocycles. The maximum Gasteiger partial charge on any atom is 0.242 e. The first-order valence-corrected chi connectivity index (χ1v) is 11.3. The molecule has 0 amide bonds. The highest BCUT2D eigenvalue weighted by atomic mass is 19.2. The van der Waals surface area contributed by atoms with Crippen LogP contribution in [0.1, 0.15) is 43.8 Å². The summed E-state index contributed by atoms with van der Waals surface area (Å²) in [6.45, 7) is 6.65. The van der Waals surface area contributed by atoms with Gasteiger partial charge >= 0.3 is 0 Å². The Hall–Kier alpha value is -3.30. The SMILES string of the molecule is Cc1cc(N2CCC(C(C)Nc3nc4n(n3)CCCC4Oc3cccc(F)c3F)C2)ncn1. The first kappa shape index (κ1) is 21.5. The van der Waals surface area contributed by atoms with E-state index >= 15 is 0 Å². The monoisotopic (exact) mass is 455 g/mol. The highest BCUT2D eigenvalue weighted by Gasteiger charge is 2.31. The standard InChI is InChI=1S/C23H27F2N7O/c1-14-11-20(27-13-26-14)31-10-8-16(12-31)15(2)28-23-29-22-19(7-4-9-32(22)30-23)33-18-6-3-5-17(24)21(18)25/h3,5-6,11,13,15-16,19H,4,7-10,12H2,1-2H3,(H,28,30). The van der Waals surface area contributed by atoms with Crippen LogP contribution in [-0.4, -0.2) is 43.9 Å². The molecular formula is C23H27F2N7O. The molecule has 3 unspecified atom stereocenters. The molecule has 0 radical (unpaired) electrons. The largest absolute Gasteiger partial charge is 0.479 e. The quantitative estimate of drug-likeness (QED) is 0.604. The first-order valence-electron chi connectivity index (χ1n) is 11.3. The van der Waals surface area contributed by atoms with Gasteiger partial charge in [-0.3, -0.25) is 0 Å². The van der Waals surface area contributed by atoms with Gasteiger partial charge in [0.1, 0.15) is 12.1 Å². The fourth-order valence-electron chi connectivity index (χ4n) is 4.55. The molecule has 5 rings (SSSR count). The molecule has 2 aliphatic heterocycles. The summed E-state index contributed by atoms with van der Waals surface area (Å²) in [4.78, 5) is 15.5. The number of nitrogens with one attached hydrogen (secondary N) is 1. The van der Waals surface area contributed by atoms with Crippen molar-refractivity contribution in [3.8, 4) is 5.75 Å². The van der Waals surface area contributed by atoms with Crippen molar-refractivity contribution in [2.45, 2.75) is 51.8 Å². The summed E-state index contributed by atoms with van der Waals surface area (Å²) in [6, 6.07) is 6.10. The number of fused-ring (bicyclic) bond motifs is 1. The van der Waals surface area contributed by atoms with Gasteiger partial charge in [-0.15, -0.1) is 5.10 Å². The summed E-state index contributed by atoms with van der Waals surface area (Å²) in [7, 11) is 0. The minimum absolute atomic E-state index is 0.106. The van der Waals surface area contributed by atoms with Crippen LogP contribution < -0.4 is 15.0 Å². The van der Waals surface area contributed by atoms with Crippen molar-refractivity contribution >= 4 is 11.8 Å². The minimum Gasteiger partial charge on any atom is -0.479 e. The Morgan fingerprint density at radius 3 is 2.91 bits per heavy atom. The van der Waals surface area contributed by atoms with Gasteiger partial charge in [-0.05, 0) is 51.2 Å². The van der Waals surface area contributed by atoms with E-state index in [1.54, 1.807) is 11.0 Å². The molecule has 1 saturated heterocycles. The van der Waals surface area contributed by atoms with Crippen LogP contribution in [0.4, 0.5) is 20.5 Å². The van der Waals surface area contributed by atoms with Gasteiger partial charge in [0.2, 0.25) is 11.8 Å². The summed E-state index contributed by atoms with van der Waals surface area (Å²) in [5.74, 6) is 0.513. The van der Waals surface area contributed by atoms with Gasteiger partial charge in [0.25, 0.3) is 0 Å². The van der Waals surface area contributed by atoms with Crippen LogP contribution in [0, 0.1) is 24.5 Å². The van der Waals surface area contributed by atoms with E-state index in [1.807, 2.05) is 13.0 Å². The zero-order valence-electron chi connectivity index (χ0n) is 18.7. The second-order valence-corrected chi connectivity index (χ2v) is 8.76. The fourth-order valence-corrected chi connectivity index (χ4v) is 4.55. The first-order chi connectivity index (χ1) is 16.0. The topological polar surface area (TPSA) is 81.0 Å². The third-order valence-corrected chi connectivity index (χ3v) is 6.41. The summed E-state index contributed by atoms with van der Waals surface area (Å²) in [5.41, 5.74) is 0.956. The molecule has 0 saturated carbocycles. The van der Waals surface area contributed by atoms with Gasteiger partial charge in [-0.2, -0.15) is 9.37 Å². The molecule has 0 spiro atoms. The summed E-state index contributed by atoms with van der Waals surface area (Å²) in [6.07, 6.45) is 3.65. The van der Waals surface area contributed by atoms with Crippen molar-refractivity contribution in [3.05, 3.63) is 53.7 Å². The molecule has 4 heterocycles. The smallest absolute Gasteiger partial charge is 0.242 e. The van der Waals surface area contributed by atoms with Crippen LogP contribution in [0.15, 0.2) is 30.6 Å². The van der Waals surface area contributed by atoms with E-state index in [0.29, 0.717) is 30.7 Å². The van der Waals surface area contributed by atoms with Gasteiger partial charge in [0, 0.05) is 37.4 Å². The van der Waals surface area contributed by atoms with Gasteiger partial charge in [0.15, 0.2) is 23.5 Å². The highest BCUT2D eigenvalue weighted by Crippen LogP contribution is 2.32. The molecule has 0 bridgehead atoms. The number of aromatic nitrogens is 5. The van der Waals surface area contributed by atoms with E-state index in [4.69, 9.17) is 4.74 Å². The molecule has 2 aromatic heterocycles. The minimum atomic E-state index is -0.981. The zero-order chi connectivity index (χ0) is 22.9. The number of rotatable bonds is 6. The summed E-state index contributed by atoms with van der Waals surface area (Å²) in [5, 5.41) is 8.03. The Morgan fingerprint density at radius 1 is 1.18 bits per heavy atom. The predicted octanol–water partition coefficient (Wildman–Crippen LogP) is 3.90. The number of anilines is 2. The van der Waals surface area contributed by atoms with E-state index < -0.39 is 17.7 Å². The Balaban J connectivity index is 1.25. The number of ether oxygens (including phenoxy) is 1. The second kappa shape index (κ2) is 8.92. The lowest BCUT2D eigenvalue weighted by molar-refractivity contribution is 0.147. The number of aryl methyl sites for hydroxylation is 2. The lowest BCUT2D eigenvalue weighted by Crippen LogP contribution is -2.30. The Bertz CT molecular complexity index is 1140. The highest BCUT2D eigenvalue weighted by molar-refractivity contribution is 5.40. The second-order valence-electron chi connectivity index (χ2n) is 8.76. The van der Waals surface area contributed by atoms with Crippen molar-refractivity contribution < 1.29 is 13.5 Å². The van der Waals surface area contributed by atoms with Crippen molar-refractivity contribution in [1.82, 2.24) is 24.7 Å². The van der Waals surface area contributed by atoms with Gasteiger partial charge in [-0.1, -0.05) is 6.07 Å². The molecule has 1 aromatic carbocycles. The fraction of sp³-hybridized carbons (Fsp3) is 0.478. The lowest BCUT2D eigenvalue weighted by atomic mass is 10.0. The summed E-state index contributed by atoms with van der Waals surface area (Å²) >= 11 is 0. The molecule has 3 aromatic rings. The van der Waals surface area contributed by atoms with Crippen molar-refractivity contribution in [3.63, 3.8) is 0 Å². The number of nitrogens with zero attached hydrogens (tertiary/aromatic N) is 6. The molecule has 33 heavy (non-hydrogen) atoms. The van der Waals surface area contributed by atoms with Gasteiger partial charge in [0.05, 0.1) is 0 Å². The average Bonchev–Trinajstić information content (AvgIpc) is 3.45. The van der Waals surface area contributed by atoms with Crippen LogP contribution in [0.2, 0.25) is 0 Å². The van der Waals surface area contributed by atoms with Crippen molar-refractivity contribution in [2.75, 3.05) is 23.3 Å². The third-order valence-electron chi connectivity index (χ3n) is 6.41. The molecule has 10 heteroatoms.